The first-order chi connectivity index (χ1) is 15.2. The van der Waals surface area contributed by atoms with Gasteiger partial charge >= 0.3 is 0 Å². The van der Waals surface area contributed by atoms with Crippen LogP contribution in [0.5, 0.6) is 0 Å². The number of hydrogen-bond acceptors (Lipinski definition) is 3. The minimum atomic E-state index is -0.307. The van der Waals surface area contributed by atoms with E-state index >= 15 is 0 Å². The van der Waals surface area contributed by atoms with Gasteiger partial charge in [-0.2, -0.15) is 0 Å². The number of amides is 1. The molecule has 0 fully saturated rings. The molecule has 5 heteroatoms. The zero-order chi connectivity index (χ0) is 21.8. The number of carbonyl (C=O) groups is 1. The third-order valence-electron chi connectivity index (χ3n) is 6.59. The Morgan fingerprint density at radius 1 is 1.16 bits per heavy atom. The van der Waals surface area contributed by atoms with Crippen LogP contribution in [0.15, 0.2) is 54.6 Å². The van der Waals surface area contributed by atoms with Gasteiger partial charge in [-0.25, -0.2) is 0 Å². The zero-order valence-corrected chi connectivity index (χ0v) is 18.5. The molecule has 2 N–H and O–H groups in total. The Morgan fingerprint density at radius 3 is 2.65 bits per heavy atom. The number of hydrogen-bond donors (Lipinski definition) is 2. The lowest BCUT2D eigenvalue weighted by atomic mass is 9.79. The van der Waals surface area contributed by atoms with Gasteiger partial charge in [-0.15, -0.1) is 0 Å². The van der Waals surface area contributed by atoms with E-state index in [1.807, 2.05) is 54.0 Å². The summed E-state index contributed by atoms with van der Waals surface area (Å²) in [5.74, 6) is 0.397. The van der Waals surface area contributed by atoms with Crippen molar-refractivity contribution in [2.24, 2.45) is 5.92 Å². The molecule has 1 aliphatic heterocycles. The predicted molar refractivity (Wildman–Crippen MR) is 129 cm³/mol. The van der Waals surface area contributed by atoms with E-state index in [0.29, 0.717) is 25.6 Å². The van der Waals surface area contributed by atoms with Crippen molar-refractivity contribution in [2.45, 2.75) is 32.6 Å². The molecule has 0 saturated heterocycles. The van der Waals surface area contributed by atoms with E-state index in [0.717, 1.165) is 25.1 Å². The lowest BCUT2D eigenvalue weighted by Crippen LogP contribution is -2.40. The van der Waals surface area contributed by atoms with E-state index in [-0.39, 0.29) is 11.8 Å². The maximum atomic E-state index is 13.5. The molecule has 0 spiro atoms. The van der Waals surface area contributed by atoms with Crippen molar-refractivity contribution in [3.05, 3.63) is 65.7 Å². The second kappa shape index (κ2) is 9.38. The normalized spacial score (nSPS) is 18.8. The standard InChI is InChI=1S/C26H32N4O/c1-3-29(4-2)26(31)21(17-30(18-27)22-9-6-5-7-10-22)15-19-13-14-20-16-28-24-12-8-11-23(19)25(20)24/h5-12,15,18,20-21,27-28H,3-4,13-14,16-17H2,1-2H3/b19-15+,27-18?/t20?,21-/m1/s1. The Bertz CT molecular complexity index is 965. The smallest absolute Gasteiger partial charge is 0.231 e. The van der Waals surface area contributed by atoms with Crippen LogP contribution >= 0.6 is 0 Å². The number of carbonyl (C=O) groups excluding carboxylic acids is 1. The molecule has 1 unspecified atom stereocenters. The molecular formula is C26H32N4O. The Kier molecular flexibility index (Phi) is 6.40. The maximum absolute atomic E-state index is 13.5. The summed E-state index contributed by atoms with van der Waals surface area (Å²) < 4.78 is 0. The van der Waals surface area contributed by atoms with Gasteiger partial charge in [0.05, 0.1) is 12.3 Å². The van der Waals surface area contributed by atoms with E-state index in [4.69, 9.17) is 5.41 Å². The highest BCUT2D eigenvalue weighted by atomic mass is 16.2. The van der Waals surface area contributed by atoms with E-state index in [9.17, 15) is 4.79 Å². The first-order valence-corrected chi connectivity index (χ1v) is 11.3. The van der Waals surface area contributed by atoms with Gasteiger partial charge in [0.2, 0.25) is 5.91 Å². The van der Waals surface area contributed by atoms with Crippen molar-refractivity contribution < 1.29 is 4.79 Å². The van der Waals surface area contributed by atoms with Crippen LogP contribution in [0.4, 0.5) is 11.4 Å². The molecule has 2 atom stereocenters. The molecule has 2 aliphatic rings. The summed E-state index contributed by atoms with van der Waals surface area (Å²) in [7, 11) is 0. The monoisotopic (exact) mass is 416 g/mol. The fraction of sp³-hybridized carbons (Fsp3) is 0.385. The van der Waals surface area contributed by atoms with Gasteiger partial charge in [0.1, 0.15) is 0 Å². The molecule has 1 heterocycles. The van der Waals surface area contributed by atoms with Crippen molar-refractivity contribution in [2.75, 3.05) is 36.4 Å². The van der Waals surface area contributed by atoms with Gasteiger partial charge in [0.25, 0.3) is 0 Å². The third kappa shape index (κ3) is 4.22. The zero-order valence-electron chi connectivity index (χ0n) is 18.5. The average molecular weight is 417 g/mol. The molecule has 31 heavy (non-hydrogen) atoms. The number of anilines is 2. The molecule has 162 valence electrons. The quantitative estimate of drug-likeness (QED) is 0.472. The molecule has 1 amide bonds. The van der Waals surface area contributed by atoms with E-state index < -0.39 is 0 Å². The molecule has 2 aromatic rings. The summed E-state index contributed by atoms with van der Waals surface area (Å²) in [6, 6.07) is 16.3. The number of rotatable bonds is 8. The van der Waals surface area contributed by atoms with Crippen LogP contribution < -0.4 is 10.2 Å². The van der Waals surface area contributed by atoms with E-state index in [2.05, 4.69) is 29.6 Å². The minimum Gasteiger partial charge on any atom is -0.384 e. The van der Waals surface area contributed by atoms with Crippen LogP contribution in [-0.4, -0.2) is 43.3 Å². The Balaban J connectivity index is 1.70. The molecule has 2 aromatic carbocycles. The molecule has 0 aromatic heterocycles. The van der Waals surface area contributed by atoms with Crippen molar-refractivity contribution in [3.63, 3.8) is 0 Å². The molecular weight excluding hydrogens is 384 g/mol. The first kappa shape index (κ1) is 21.2. The Hall–Kier alpha value is -3.08. The van der Waals surface area contributed by atoms with Crippen LogP contribution in [-0.2, 0) is 4.79 Å². The lowest BCUT2D eigenvalue weighted by molar-refractivity contribution is -0.133. The summed E-state index contributed by atoms with van der Waals surface area (Å²) in [5.41, 5.74) is 6.14. The molecule has 4 rings (SSSR count). The summed E-state index contributed by atoms with van der Waals surface area (Å²) in [6.07, 6.45) is 5.62. The van der Waals surface area contributed by atoms with Gasteiger partial charge < -0.3 is 15.1 Å². The fourth-order valence-electron chi connectivity index (χ4n) is 4.94. The number of benzene rings is 2. The van der Waals surface area contributed by atoms with Crippen molar-refractivity contribution in [3.8, 4) is 0 Å². The van der Waals surface area contributed by atoms with Crippen LogP contribution in [0.1, 0.15) is 43.7 Å². The second-order valence-electron chi connectivity index (χ2n) is 8.31. The second-order valence-corrected chi connectivity index (χ2v) is 8.31. The van der Waals surface area contributed by atoms with E-state index in [1.54, 1.807) is 0 Å². The molecule has 0 bridgehead atoms. The third-order valence-corrected chi connectivity index (χ3v) is 6.59. The van der Waals surface area contributed by atoms with Crippen LogP contribution in [0.25, 0.3) is 5.57 Å². The Morgan fingerprint density at radius 2 is 1.94 bits per heavy atom. The molecule has 5 nitrogen and oxygen atoms in total. The highest BCUT2D eigenvalue weighted by molar-refractivity contribution is 5.87. The van der Waals surface area contributed by atoms with Gasteiger partial charge in [0.15, 0.2) is 0 Å². The minimum absolute atomic E-state index is 0.133. The molecule has 0 radical (unpaired) electrons. The van der Waals surface area contributed by atoms with Crippen molar-refractivity contribution >= 4 is 29.2 Å². The molecule has 1 aliphatic carbocycles. The number of nitrogens with zero attached hydrogens (tertiary/aromatic N) is 2. The van der Waals surface area contributed by atoms with Gasteiger partial charge in [-0.05, 0) is 61.6 Å². The number of allylic oxidation sites excluding steroid dienone is 1. The summed E-state index contributed by atoms with van der Waals surface area (Å²) >= 11 is 0. The van der Waals surface area contributed by atoms with Crippen molar-refractivity contribution in [1.82, 2.24) is 4.90 Å². The number of para-hydroxylation sites is 1. The van der Waals surface area contributed by atoms with Crippen molar-refractivity contribution in [1.29, 1.82) is 5.41 Å². The largest absolute Gasteiger partial charge is 0.384 e. The SMILES string of the molecule is CCN(CC)C(=O)[C@H](/C=C1\CCC2CNc3cccc1c32)CN(C=N)c1ccccc1. The average Bonchev–Trinajstić information content (AvgIpc) is 3.24. The predicted octanol–water partition coefficient (Wildman–Crippen LogP) is 4.97. The number of nitrogens with one attached hydrogen (secondary N) is 2. The van der Waals surface area contributed by atoms with Gasteiger partial charge in [0, 0.05) is 43.5 Å². The van der Waals surface area contributed by atoms with Crippen LogP contribution in [0.2, 0.25) is 0 Å². The van der Waals surface area contributed by atoms with Crippen LogP contribution in [0.3, 0.4) is 0 Å². The summed E-state index contributed by atoms with van der Waals surface area (Å²) in [6.45, 7) is 6.91. The summed E-state index contributed by atoms with van der Waals surface area (Å²) in [5, 5.41) is 11.5. The molecule has 0 saturated carbocycles. The maximum Gasteiger partial charge on any atom is 0.231 e. The van der Waals surface area contributed by atoms with Gasteiger partial charge in [-0.1, -0.05) is 36.4 Å². The van der Waals surface area contributed by atoms with E-state index in [1.165, 1.54) is 28.7 Å². The fourth-order valence-corrected chi connectivity index (χ4v) is 4.94. The summed E-state index contributed by atoms with van der Waals surface area (Å²) in [4.78, 5) is 17.3. The first-order valence-electron chi connectivity index (χ1n) is 11.3. The van der Waals surface area contributed by atoms with Gasteiger partial charge in [-0.3, -0.25) is 10.2 Å². The topological polar surface area (TPSA) is 59.4 Å². The van der Waals surface area contributed by atoms with Crippen LogP contribution in [0, 0.1) is 11.3 Å². The lowest BCUT2D eigenvalue weighted by Gasteiger charge is -2.30. The highest BCUT2D eigenvalue weighted by Crippen LogP contribution is 2.45. The highest BCUT2D eigenvalue weighted by Gasteiger charge is 2.31. The Labute approximate surface area is 185 Å².